The van der Waals surface area contributed by atoms with Crippen molar-refractivity contribution in [2.24, 2.45) is 0 Å². The van der Waals surface area contributed by atoms with E-state index >= 15 is 0 Å². The van der Waals surface area contributed by atoms with Crippen molar-refractivity contribution in [3.05, 3.63) is 77.1 Å². The lowest BCUT2D eigenvalue weighted by Crippen LogP contribution is -2.42. The largest absolute Gasteiger partial charge is 0.508 e. The second-order valence-corrected chi connectivity index (χ2v) is 8.10. The molecule has 2 aromatic rings. The fourth-order valence-electron chi connectivity index (χ4n) is 4.89. The molecular formula is C24H25NO4. The van der Waals surface area contributed by atoms with E-state index in [-0.39, 0.29) is 22.5 Å². The van der Waals surface area contributed by atoms with E-state index in [4.69, 9.17) is 0 Å². The number of benzene rings is 2. The lowest BCUT2D eigenvalue weighted by Gasteiger charge is -2.37. The molecule has 0 saturated heterocycles. The van der Waals surface area contributed by atoms with Crippen LogP contribution in [0.2, 0.25) is 0 Å². The molecule has 1 fully saturated rings. The van der Waals surface area contributed by atoms with Crippen LogP contribution < -0.4 is 0 Å². The molecule has 1 aliphatic carbocycles. The number of aromatic hydroxyl groups is 1. The van der Waals surface area contributed by atoms with Crippen molar-refractivity contribution in [3.63, 3.8) is 0 Å². The van der Waals surface area contributed by atoms with Gasteiger partial charge in [-0.3, -0.25) is 9.59 Å². The highest BCUT2D eigenvalue weighted by atomic mass is 16.3. The molecule has 1 saturated carbocycles. The fourth-order valence-corrected chi connectivity index (χ4v) is 4.89. The van der Waals surface area contributed by atoms with Crippen molar-refractivity contribution in [2.45, 2.75) is 44.1 Å². The summed E-state index contributed by atoms with van der Waals surface area (Å²) < 4.78 is 0. The standard InChI is InChI=1S/C24H25NO4/c1-16(26)20-21(17-9-11-19(27)12-10-17)25(23(29)22(20)28)15-24(13-5-6-14-24)18-7-3-2-4-8-18/h2-4,7-12,21,27-28H,5-6,13-15H2,1H3. The zero-order chi connectivity index (χ0) is 20.6. The van der Waals surface area contributed by atoms with E-state index in [1.54, 1.807) is 17.0 Å². The quantitative estimate of drug-likeness (QED) is 0.801. The van der Waals surface area contributed by atoms with E-state index in [0.29, 0.717) is 12.1 Å². The van der Waals surface area contributed by atoms with E-state index in [2.05, 4.69) is 12.1 Å². The molecular weight excluding hydrogens is 366 g/mol. The molecule has 150 valence electrons. The molecule has 2 aliphatic rings. The molecule has 0 aromatic heterocycles. The first-order valence-corrected chi connectivity index (χ1v) is 10.0. The Morgan fingerprint density at radius 1 is 1.03 bits per heavy atom. The lowest BCUT2D eigenvalue weighted by atomic mass is 9.78. The van der Waals surface area contributed by atoms with Gasteiger partial charge in [0.2, 0.25) is 0 Å². The molecule has 0 radical (unpaired) electrons. The molecule has 0 bridgehead atoms. The van der Waals surface area contributed by atoms with E-state index < -0.39 is 17.7 Å². The number of carbonyl (C=O) groups is 2. The third-order valence-electron chi connectivity index (χ3n) is 6.31. The van der Waals surface area contributed by atoms with Crippen LogP contribution in [0.1, 0.15) is 49.8 Å². The van der Waals surface area contributed by atoms with Crippen LogP contribution in [-0.2, 0) is 15.0 Å². The van der Waals surface area contributed by atoms with E-state index in [1.807, 2.05) is 18.2 Å². The van der Waals surface area contributed by atoms with Crippen molar-refractivity contribution in [1.82, 2.24) is 4.90 Å². The van der Waals surface area contributed by atoms with E-state index in [1.165, 1.54) is 24.6 Å². The number of amides is 1. The second kappa shape index (κ2) is 7.39. The van der Waals surface area contributed by atoms with Crippen molar-refractivity contribution >= 4 is 11.7 Å². The summed E-state index contributed by atoms with van der Waals surface area (Å²) in [4.78, 5) is 27.0. The number of carbonyl (C=O) groups excluding carboxylic acids is 2. The summed E-state index contributed by atoms with van der Waals surface area (Å²) in [6, 6.07) is 16.0. The van der Waals surface area contributed by atoms with Crippen LogP contribution in [0.15, 0.2) is 65.9 Å². The number of rotatable bonds is 5. The zero-order valence-corrected chi connectivity index (χ0v) is 16.5. The highest BCUT2D eigenvalue weighted by Gasteiger charge is 2.47. The summed E-state index contributed by atoms with van der Waals surface area (Å²) in [5, 5.41) is 20.2. The molecule has 1 atom stereocenters. The summed E-state index contributed by atoms with van der Waals surface area (Å²) in [6.07, 6.45) is 4.08. The third kappa shape index (κ3) is 3.31. The Hall–Kier alpha value is -3.08. The van der Waals surface area contributed by atoms with Gasteiger partial charge in [-0.25, -0.2) is 0 Å². The first-order valence-electron chi connectivity index (χ1n) is 10.0. The van der Waals surface area contributed by atoms with Gasteiger partial charge >= 0.3 is 0 Å². The SMILES string of the molecule is CC(=O)C1=C(O)C(=O)N(CC2(c3ccccc3)CCCC2)C1c1ccc(O)cc1. The average molecular weight is 391 g/mol. The average Bonchev–Trinajstić information content (AvgIpc) is 3.29. The summed E-state index contributed by atoms with van der Waals surface area (Å²) >= 11 is 0. The number of nitrogens with zero attached hydrogens (tertiary/aromatic N) is 1. The Bertz CT molecular complexity index is 956. The summed E-state index contributed by atoms with van der Waals surface area (Å²) in [6.45, 7) is 1.81. The second-order valence-electron chi connectivity index (χ2n) is 8.10. The minimum Gasteiger partial charge on any atom is -0.508 e. The number of ketones is 1. The molecule has 2 aromatic carbocycles. The molecule has 1 aliphatic heterocycles. The Labute approximate surface area is 170 Å². The molecule has 4 rings (SSSR count). The Balaban J connectivity index is 1.77. The topological polar surface area (TPSA) is 77.8 Å². The van der Waals surface area contributed by atoms with Gasteiger partial charge < -0.3 is 15.1 Å². The number of hydrogen-bond donors (Lipinski definition) is 2. The number of Topliss-reactive ketones (excluding diaryl/α,β-unsaturated/α-hetero) is 1. The van der Waals surface area contributed by atoms with Crippen LogP contribution in [0, 0.1) is 0 Å². The van der Waals surface area contributed by atoms with Gasteiger partial charge in [0.15, 0.2) is 11.5 Å². The van der Waals surface area contributed by atoms with Crippen LogP contribution in [0.4, 0.5) is 0 Å². The van der Waals surface area contributed by atoms with E-state index in [9.17, 15) is 19.8 Å². The fraction of sp³-hybridized carbons (Fsp3) is 0.333. The molecule has 29 heavy (non-hydrogen) atoms. The van der Waals surface area contributed by atoms with Crippen LogP contribution in [0.5, 0.6) is 5.75 Å². The maximum Gasteiger partial charge on any atom is 0.290 e. The van der Waals surface area contributed by atoms with E-state index in [0.717, 1.165) is 25.7 Å². The molecule has 5 nitrogen and oxygen atoms in total. The minimum absolute atomic E-state index is 0.110. The highest BCUT2D eigenvalue weighted by molar-refractivity contribution is 6.08. The van der Waals surface area contributed by atoms with Crippen LogP contribution in [0.3, 0.4) is 0 Å². The molecule has 1 heterocycles. The van der Waals surface area contributed by atoms with Gasteiger partial charge in [0.05, 0.1) is 11.6 Å². The Morgan fingerprint density at radius 3 is 2.24 bits per heavy atom. The predicted molar refractivity (Wildman–Crippen MR) is 109 cm³/mol. The van der Waals surface area contributed by atoms with Crippen LogP contribution in [0.25, 0.3) is 0 Å². The first kappa shape index (κ1) is 19.2. The molecule has 1 amide bonds. The Kier molecular flexibility index (Phi) is 4.91. The Morgan fingerprint density at radius 2 is 1.66 bits per heavy atom. The molecule has 0 spiro atoms. The highest BCUT2D eigenvalue weighted by Crippen LogP contribution is 2.46. The summed E-state index contributed by atoms with van der Waals surface area (Å²) in [5.41, 5.74) is 1.82. The number of aliphatic hydroxyl groups is 1. The van der Waals surface area contributed by atoms with Crippen LogP contribution >= 0.6 is 0 Å². The number of phenolic OH excluding ortho intramolecular Hbond substituents is 1. The van der Waals surface area contributed by atoms with Gasteiger partial charge in [-0.1, -0.05) is 55.3 Å². The maximum absolute atomic E-state index is 13.0. The van der Waals surface area contributed by atoms with Crippen molar-refractivity contribution in [3.8, 4) is 5.75 Å². The third-order valence-corrected chi connectivity index (χ3v) is 6.31. The first-order chi connectivity index (χ1) is 13.9. The summed E-state index contributed by atoms with van der Waals surface area (Å²) in [5.74, 6) is -1.18. The van der Waals surface area contributed by atoms with Crippen LogP contribution in [-0.4, -0.2) is 33.3 Å². The minimum atomic E-state index is -0.651. The maximum atomic E-state index is 13.0. The van der Waals surface area contributed by atoms with Gasteiger partial charge in [-0.15, -0.1) is 0 Å². The molecule has 1 unspecified atom stereocenters. The van der Waals surface area contributed by atoms with Gasteiger partial charge in [0.25, 0.3) is 5.91 Å². The molecule has 5 heteroatoms. The van der Waals surface area contributed by atoms with Gasteiger partial charge in [0, 0.05) is 12.0 Å². The summed E-state index contributed by atoms with van der Waals surface area (Å²) in [7, 11) is 0. The van der Waals surface area contributed by atoms with Crippen molar-refractivity contribution < 1.29 is 19.8 Å². The van der Waals surface area contributed by atoms with Crippen molar-refractivity contribution in [1.29, 1.82) is 0 Å². The smallest absolute Gasteiger partial charge is 0.290 e. The van der Waals surface area contributed by atoms with Gasteiger partial charge in [-0.05, 0) is 43.0 Å². The number of phenols is 1. The predicted octanol–water partition coefficient (Wildman–Crippen LogP) is 4.19. The van der Waals surface area contributed by atoms with Crippen molar-refractivity contribution in [2.75, 3.05) is 6.54 Å². The van der Waals surface area contributed by atoms with Gasteiger partial charge in [0.1, 0.15) is 5.75 Å². The zero-order valence-electron chi connectivity index (χ0n) is 16.5. The monoisotopic (exact) mass is 391 g/mol. The van der Waals surface area contributed by atoms with Gasteiger partial charge in [-0.2, -0.15) is 0 Å². The number of hydrogen-bond acceptors (Lipinski definition) is 4. The molecule has 2 N–H and O–H groups in total. The lowest BCUT2D eigenvalue weighted by molar-refractivity contribution is -0.130. The normalized spacial score (nSPS) is 21.1. The number of aliphatic hydroxyl groups excluding tert-OH is 1.